The second kappa shape index (κ2) is 7.72. The van der Waals surface area contributed by atoms with Gasteiger partial charge in [-0.05, 0) is 37.4 Å². The van der Waals surface area contributed by atoms with Gasteiger partial charge in [-0.25, -0.2) is 17.7 Å². The van der Waals surface area contributed by atoms with Crippen LogP contribution in [-0.2, 0) is 13.0 Å². The first-order valence-corrected chi connectivity index (χ1v) is 8.67. The van der Waals surface area contributed by atoms with Crippen molar-refractivity contribution < 1.29 is 13.2 Å². The molecule has 1 unspecified atom stereocenters. The molecule has 0 aliphatic rings. The molecule has 26 heavy (non-hydrogen) atoms. The van der Waals surface area contributed by atoms with Crippen LogP contribution in [0.4, 0.5) is 19.0 Å². The van der Waals surface area contributed by atoms with Crippen LogP contribution in [0.5, 0.6) is 0 Å². The minimum absolute atomic E-state index is 0.0105. The number of halogens is 5. The quantitative estimate of drug-likeness (QED) is 0.614. The van der Waals surface area contributed by atoms with Crippen molar-refractivity contribution in [1.29, 1.82) is 0 Å². The van der Waals surface area contributed by atoms with E-state index in [1.807, 2.05) is 0 Å². The van der Waals surface area contributed by atoms with Crippen molar-refractivity contribution in [2.24, 2.45) is 0 Å². The van der Waals surface area contributed by atoms with Gasteiger partial charge >= 0.3 is 0 Å². The lowest BCUT2D eigenvalue weighted by molar-refractivity contribution is 0.340. The number of nitrogens with one attached hydrogen (secondary N) is 1. The average Bonchev–Trinajstić information content (AvgIpc) is 2.82. The highest BCUT2D eigenvalue weighted by Gasteiger charge is 2.23. The topological polar surface area (TPSA) is 42.2 Å². The normalized spacial score (nSPS) is 12.5. The summed E-state index contributed by atoms with van der Waals surface area (Å²) in [5.74, 6) is -0.974. The van der Waals surface area contributed by atoms with Crippen molar-refractivity contribution in [3.05, 3.63) is 57.5 Å². The molecule has 1 aromatic carbocycles. The zero-order valence-corrected chi connectivity index (χ0v) is 15.3. The van der Waals surface area contributed by atoms with E-state index in [1.165, 1.54) is 13.0 Å². The molecule has 138 valence electrons. The molecule has 1 N–H and O–H groups in total. The van der Waals surface area contributed by atoms with E-state index in [1.54, 1.807) is 18.2 Å². The first kappa shape index (κ1) is 18.8. The summed E-state index contributed by atoms with van der Waals surface area (Å²) in [6.07, 6.45) is -0.871. The smallest absolute Gasteiger partial charge is 0.243 e. The zero-order valence-electron chi connectivity index (χ0n) is 13.7. The van der Waals surface area contributed by atoms with Crippen LogP contribution in [0.15, 0.2) is 24.3 Å². The number of anilines is 1. The summed E-state index contributed by atoms with van der Waals surface area (Å²) in [4.78, 5) is 3.98. The molecular weight excluding hydrogens is 388 g/mol. The summed E-state index contributed by atoms with van der Waals surface area (Å²) in [6.45, 7) is 1.45. The monoisotopic (exact) mass is 402 g/mol. The molecule has 4 nitrogen and oxygen atoms in total. The van der Waals surface area contributed by atoms with Crippen molar-refractivity contribution in [3.63, 3.8) is 0 Å². The van der Waals surface area contributed by atoms with Gasteiger partial charge in [-0.2, -0.15) is 4.98 Å². The Hall–Kier alpha value is -1.99. The zero-order chi connectivity index (χ0) is 18.8. The number of nitrogens with zero attached hydrogens (tertiary/aromatic N) is 3. The van der Waals surface area contributed by atoms with Gasteiger partial charge in [-0.15, -0.1) is 5.10 Å². The average molecular weight is 403 g/mol. The molecule has 0 aliphatic carbocycles. The highest BCUT2D eigenvalue weighted by molar-refractivity contribution is 6.31. The molecule has 2 heterocycles. The van der Waals surface area contributed by atoms with E-state index in [-0.39, 0.29) is 46.7 Å². The molecule has 0 spiro atoms. The molecular formula is C17H15Cl2F3N4. The third kappa shape index (κ3) is 3.73. The minimum atomic E-state index is -1.10. The van der Waals surface area contributed by atoms with Gasteiger partial charge in [0.1, 0.15) is 16.5 Å². The molecule has 0 radical (unpaired) electrons. The number of aromatic nitrogens is 3. The molecule has 1 atom stereocenters. The largest absolute Gasteiger partial charge is 0.364 e. The van der Waals surface area contributed by atoms with E-state index in [4.69, 9.17) is 23.2 Å². The fourth-order valence-electron chi connectivity index (χ4n) is 2.60. The number of hydrogen-bond acceptors (Lipinski definition) is 3. The maximum atomic E-state index is 14.9. The van der Waals surface area contributed by atoms with E-state index in [0.29, 0.717) is 5.56 Å². The van der Waals surface area contributed by atoms with Gasteiger partial charge in [0.2, 0.25) is 5.28 Å². The molecule has 3 rings (SSSR count). The van der Waals surface area contributed by atoms with E-state index < -0.39 is 17.8 Å². The number of alkyl halides is 1. The van der Waals surface area contributed by atoms with Crippen molar-refractivity contribution in [2.45, 2.75) is 32.5 Å². The van der Waals surface area contributed by atoms with Crippen LogP contribution in [0.1, 0.15) is 24.5 Å². The highest BCUT2D eigenvalue weighted by Crippen LogP contribution is 2.31. The standard InChI is InChI=1S/C17H15Cl2F3N4/c1-9(20)6-7-11-13(22)14-16(24-17(19)25-26(14)15(11)18)23-8-10-4-2-3-5-12(10)21/h2-5,9H,6-8H2,1H3,(H,23,24,25). The fourth-order valence-corrected chi connectivity index (χ4v) is 3.06. The second-order valence-corrected chi connectivity index (χ2v) is 6.53. The highest BCUT2D eigenvalue weighted by atomic mass is 35.5. The molecule has 0 aliphatic heterocycles. The summed E-state index contributed by atoms with van der Waals surface area (Å²) < 4.78 is 42.9. The summed E-state index contributed by atoms with van der Waals surface area (Å²) in [7, 11) is 0. The van der Waals surface area contributed by atoms with Gasteiger partial charge in [0.15, 0.2) is 11.6 Å². The Morgan fingerprint density at radius 3 is 2.65 bits per heavy atom. The van der Waals surface area contributed by atoms with Crippen molar-refractivity contribution >= 4 is 34.5 Å². The molecule has 0 saturated carbocycles. The third-order valence-electron chi connectivity index (χ3n) is 3.93. The predicted molar refractivity (Wildman–Crippen MR) is 95.6 cm³/mol. The summed E-state index contributed by atoms with van der Waals surface area (Å²) >= 11 is 12.1. The number of fused-ring (bicyclic) bond motifs is 1. The Morgan fingerprint density at radius 1 is 1.23 bits per heavy atom. The number of benzene rings is 1. The number of hydrogen-bond donors (Lipinski definition) is 1. The minimum Gasteiger partial charge on any atom is -0.364 e. The maximum absolute atomic E-state index is 14.9. The lowest BCUT2D eigenvalue weighted by atomic mass is 10.1. The summed E-state index contributed by atoms with van der Waals surface area (Å²) in [5.41, 5.74) is 0.504. The fraction of sp³-hybridized carbons (Fsp3) is 0.294. The van der Waals surface area contributed by atoms with Gasteiger partial charge in [-0.1, -0.05) is 29.8 Å². The predicted octanol–water partition coefficient (Wildman–Crippen LogP) is 5.22. The van der Waals surface area contributed by atoms with E-state index in [9.17, 15) is 13.2 Å². The first-order valence-electron chi connectivity index (χ1n) is 7.92. The molecule has 2 aromatic heterocycles. The molecule has 3 aromatic rings. The molecule has 0 bridgehead atoms. The molecule has 0 amide bonds. The first-order chi connectivity index (χ1) is 12.4. The molecule has 0 saturated heterocycles. The lowest BCUT2D eigenvalue weighted by Crippen LogP contribution is -2.07. The van der Waals surface area contributed by atoms with E-state index in [0.717, 1.165) is 4.52 Å². The van der Waals surface area contributed by atoms with Crippen molar-refractivity contribution in [3.8, 4) is 0 Å². The van der Waals surface area contributed by atoms with Crippen LogP contribution in [-0.4, -0.2) is 20.8 Å². The summed E-state index contributed by atoms with van der Waals surface area (Å²) in [6, 6.07) is 6.18. The van der Waals surface area contributed by atoms with Gasteiger partial charge in [-0.3, -0.25) is 0 Å². The maximum Gasteiger partial charge on any atom is 0.243 e. The number of rotatable bonds is 6. The van der Waals surface area contributed by atoms with Crippen molar-refractivity contribution in [2.75, 3.05) is 5.32 Å². The van der Waals surface area contributed by atoms with Gasteiger partial charge < -0.3 is 5.32 Å². The van der Waals surface area contributed by atoms with Gasteiger partial charge in [0.05, 0.1) is 6.17 Å². The van der Waals surface area contributed by atoms with Gasteiger partial charge in [0.25, 0.3) is 0 Å². The third-order valence-corrected chi connectivity index (χ3v) is 4.48. The Kier molecular flexibility index (Phi) is 5.58. The van der Waals surface area contributed by atoms with Crippen LogP contribution >= 0.6 is 23.2 Å². The molecule has 0 fully saturated rings. The SMILES string of the molecule is CC(F)CCc1c(F)c2c(NCc3ccccc3F)nc(Cl)nn2c1Cl. The summed E-state index contributed by atoms with van der Waals surface area (Å²) in [5, 5.41) is 6.62. The van der Waals surface area contributed by atoms with Crippen LogP contribution in [0.3, 0.4) is 0 Å². The molecule has 9 heteroatoms. The Labute approximate surface area is 157 Å². The van der Waals surface area contributed by atoms with E-state index in [2.05, 4.69) is 15.4 Å². The van der Waals surface area contributed by atoms with E-state index >= 15 is 0 Å². The van der Waals surface area contributed by atoms with Crippen LogP contribution in [0.2, 0.25) is 10.4 Å². The van der Waals surface area contributed by atoms with Crippen LogP contribution < -0.4 is 5.32 Å². The van der Waals surface area contributed by atoms with Crippen LogP contribution in [0, 0.1) is 11.6 Å². The lowest BCUT2D eigenvalue weighted by Gasteiger charge is -2.08. The Morgan fingerprint density at radius 2 is 1.96 bits per heavy atom. The second-order valence-electron chi connectivity index (χ2n) is 5.84. The Balaban J connectivity index is 1.99. The van der Waals surface area contributed by atoms with Gasteiger partial charge in [0, 0.05) is 17.7 Å². The Bertz CT molecular complexity index is 943. The van der Waals surface area contributed by atoms with Crippen molar-refractivity contribution in [1.82, 2.24) is 14.6 Å². The van der Waals surface area contributed by atoms with Crippen LogP contribution in [0.25, 0.3) is 5.52 Å².